The third kappa shape index (κ3) is 2.77. The van der Waals surface area contributed by atoms with E-state index in [4.69, 9.17) is 9.15 Å². The van der Waals surface area contributed by atoms with Gasteiger partial charge in [-0.25, -0.2) is 8.42 Å². The highest BCUT2D eigenvalue weighted by molar-refractivity contribution is 7.89. The van der Waals surface area contributed by atoms with Crippen molar-refractivity contribution < 1.29 is 17.6 Å². The molecule has 2 fully saturated rings. The molecule has 3 rings (SSSR count). The minimum Gasteiger partial charge on any atom is -0.465 e. The van der Waals surface area contributed by atoms with Crippen LogP contribution in [0.4, 0.5) is 0 Å². The summed E-state index contributed by atoms with van der Waals surface area (Å²) in [6.45, 7) is 3.73. The van der Waals surface area contributed by atoms with Crippen LogP contribution in [0.3, 0.4) is 0 Å². The van der Waals surface area contributed by atoms with E-state index in [0.29, 0.717) is 19.8 Å². The maximum absolute atomic E-state index is 12.6. The average Bonchev–Trinajstić information content (AvgIpc) is 3.07. The van der Waals surface area contributed by atoms with E-state index in [-0.39, 0.29) is 17.7 Å². The van der Waals surface area contributed by atoms with Crippen molar-refractivity contribution in [3.63, 3.8) is 0 Å². The van der Waals surface area contributed by atoms with E-state index in [0.717, 1.165) is 30.8 Å². The Kier molecular flexibility index (Phi) is 3.88. The predicted octanol–water partition coefficient (Wildman–Crippen LogP) is 2.09. The molecule has 0 unspecified atom stereocenters. The summed E-state index contributed by atoms with van der Waals surface area (Å²) in [5, 5.41) is 0. The Morgan fingerprint density at radius 1 is 1.35 bits per heavy atom. The Labute approximate surface area is 119 Å². The molecule has 0 N–H and O–H groups in total. The molecule has 0 saturated carbocycles. The molecule has 5 nitrogen and oxygen atoms in total. The van der Waals surface area contributed by atoms with Crippen LogP contribution in [0, 0.1) is 12.8 Å². The summed E-state index contributed by atoms with van der Waals surface area (Å²) >= 11 is 0. The number of ether oxygens (including phenoxy) is 1. The van der Waals surface area contributed by atoms with Crippen LogP contribution in [-0.4, -0.2) is 38.2 Å². The first-order chi connectivity index (χ1) is 9.56. The van der Waals surface area contributed by atoms with Crippen molar-refractivity contribution in [2.45, 2.75) is 32.2 Å². The highest BCUT2D eigenvalue weighted by Crippen LogP contribution is 2.36. The first kappa shape index (κ1) is 14.1. The monoisotopic (exact) mass is 299 g/mol. The highest BCUT2D eigenvalue weighted by Gasteiger charge is 2.38. The fourth-order valence-electron chi connectivity index (χ4n) is 3.10. The summed E-state index contributed by atoms with van der Waals surface area (Å²) in [6.07, 6.45) is 2.58. The second kappa shape index (κ2) is 5.50. The fraction of sp³-hybridized carbons (Fsp3) is 0.714. The van der Waals surface area contributed by atoms with E-state index in [9.17, 15) is 8.42 Å². The molecule has 0 aliphatic carbocycles. The minimum absolute atomic E-state index is 0.129. The maximum atomic E-state index is 12.6. The standard InChI is InChI=1S/C14H21NO4S/c1-11-4-5-14(19-11)13-3-2-7-15(13)20(16,17)10-12-6-8-18-9-12/h4-5,12-13H,2-3,6-10H2,1H3/t12-,13-/m0/s1. The van der Waals surface area contributed by atoms with Gasteiger partial charge in [-0.05, 0) is 44.2 Å². The van der Waals surface area contributed by atoms with E-state index >= 15 is 0 Å². The Bertz CT molecular complexity index is 559. The molecule has 3 heterocycles. The number of rotatable bonds is 4. The van der Waals surface area contributed by atoms with Crippen LogP contribution in [0.5, 0.6) is 0 Å². The molecular formula is C14H21NO4S. The largest absolute Gasteiger partial charge is 0.465 e. The summed E-state index contributed by atoms with van der Waals surface area (Å²) in [6, 6.07) is 3.66. The number of nitrogens with zero attached hydrogens (tertiary/aromatic N) is 1. The zero-order valence-corrected chi connectivity index (χ0v) is 12.6. The first-order valence-corrected chi connectivity index (χ1v) is 8.81. The van der Waals surface area contributed by atoms with Gasteiger partial charge in [-0.3, -0.25) is 0 Å². The number of furan rings is 1. The quantitative estimate of drug-likeness (QED) is 0.854. The van der Waals surface area contributed by atoms with E-state index in [1.807, 2.05) is 19.1 Å². The van der Waals surface area contributed by atoms with Crippen LogP contribution in [0.1, 0.15) is 36.8 Å². The molecule has 112 valence electrons. The highest BCUT2D eigenvalue weighted by atomic mass is 32.2. The summed E-state index contributed by atoms with van der Waals surface area (Å²) < 4.78 is 37.8. The summed E-state index contributed by atoms with van der Waals surface area (Å²) in [5.41, 5.74) is 0. The third-order valence-electron chi connectivity index (χ3n) is 4.12. The molecule has 0 bridgehead atoms. The van der Waals surface area contributed by atoms with E-state index in [1.54, 1.807) is 4.31 Å². The molecule has 1 aromatic heterocycles. The van der Waals surface area contributed by atoms with Crippen molar-refractivity contribution in [3.8, 4) is 0 Å². The van der Waals surface area contributed by atoms with E-state index < -0.39 is 10.0 Å². The van der Waals surface area contributed by atoms with Gasteiger partial charge in [-0.15, -0.1) is 0 Å². The molecular weight excluding hydrogens is 278 g/mol. The average molecular weight is 299 g/mol. The number of hydrogen-bond donors (Lipinski definition) is 0. The predicted molar refractivity (Wildman–Crippen MR) is 74.8 cm³/mol. The summed E-state index contributed by atoms with van der Waals surface area (Å²) in [4.78, 5) is 0. The lowest BCUT2D eigenvalue weighted by Gasteiger charge is -2.23. The lowest BCUT2D eigenvalue weighted by molar-refractivity contribution is 0.188. The topological polar surface area (TPSA) is 59.8 Å². The second-order valence-corrected chi connectivity index (χ2v) is 7.69. The number of sulfonamides is 1. The summed E-state index contributed by atoms with van der Waals surface area (Å²) in [7, 11) is -3.24. The van der Waals surface area contributed by atoms with Gasteiger partial charge < -0.3 is 9.15 Å². The first-order valence-electron chi connectivity index (χ1n) is 7.20. The van der Waals surface area contributed by atoms with Gasteiger partial charge in [0.1, 0.15) is 11.5 Å². The van der Waals surface area contributed by atoms with Gasteiger partial charge in [-0.2, -0.15) is 4.31 Å². The molecule has 1 aromatic rings. The van der Waals surface area contributed by atoms with Crippen LogP contribution in [0.15, 0.2) is 16.5 Å². The Morgan fingerprint density at radius 3 is 2.85 bits per heavy atom. The SMILES string of the molecule is Cc1ccc([C@@H]2CCCN2S(=O)(=O)C[C@H]2CCOC2)o1. The molecule has 20 heavy (non-hydrogen) atoms. The van der Waals surface area contributed by atoms with Crippen LogP contribution >= 0.6 is 0 Å². The minimum atomic E-state index is -3.24. The second-order valence-electron chi connectivity index (χ2n) is 5.73. The van der Waals surface area contributed by atoms with Crippen molar-refractivity contribution in [2.75, 3.05) is 25.5 Å². The van der Waals surface area contributed by atoms with Gasteiger partial charge >= 0.3 is 0 Å². The normalized spacial score (nSPS) is 28.2. The molecule has 6 heteroatoms. The Balaban J connectivity index is 1.77. The van der Waals surface area contributed by atoms with Crippen LogP contribution in [0.2, 0.25) is 0 Å². The van der Waals surface area contributed by atoms with Gasteiger partial charge in [0.15, 0.2) is 0 Å². The van der Waals surface area contributed by atoms with Crippen LogP contribution in [0.25, 0.3) is 0 Å². The third-order valence-corrected chi connectivity index (χ3v) is 6.17. The zero-order chi connectivity index (χ0) is 14.2. The van der Waals surface area contributed by atoms with Crippen LogP contribution in [-0.2, 0) is 14.8 Å². The van der Waals surface area contributed by atoms with Gasteiger partial charge in [0.05, 0.1) is 18.4 Å². The van der Waals surface area contributed by atoms with Crippen molar-refractivity contribution >= 4 is 10.0 Å². The fourth-order valence-corrected chi connectivity index (χ4v) is 5.15. The van der Waals surface area contributed by atoms with E-state index in [1.165, 1.54) is 0 Å². The molecule has 2 atom stereocenters. The Hall–Kier alpha value is -0.850. The Morgan fingerprint density at radius 2 is 2.20 bits per heavy atom. The molecule has 2 aliphatic rings. The lowest BCUT2D eigenvalue weighted by atomic mass is 10.2. The van der Waals surface area contributed by atoms with E-state index in [2.05, 4.69) is 0 Å². The van der Waals surface area contributed by atoms with Gasteiger partial charge in [0.25, 0.3) is 0 Å². The molecule has 0 spiro atoms. The lowest BCUT2D eigenvalue weighted by Crippen LogP contribution is -2.35. The number of aryl methyl sites for hydroxylation is 1. The zero-order valence-electron chi connectivity index (χ0n) is 11.7. The molecule has 2 saturated heterocycles. The van der Waals surface area contributed by atoms with Crippen molar-refractivity contribution in [1.29, 1.82) is 0 Å². The number of hydrogen-bond acceptors (Lipinski definition) is 4. The maximum Gasteiger partial charge on any atom is 0.215 e. The summed E-state index contributed by atoms with van der Waals surface area (Å²) in [5.74, 6) is 1.93. The molecule has 2 aliphatic heterocycles. The molecule has 0 amide bonds. The van der Waals surface area contributed by atoms with Crippen molar-refractivity contribution in [3.05, 3.63) is 23.7 Å². The smallest absolute Gasteiger partial charge is 0.215 e. The van der Waals surface area contributed by atoms with Gasteiger partial charge in [0, 0.05) is 13.2 Å². The molecule has 0 aromatic carbocycles. The van der Waals surface area contributed by atoms with Crippen LogP contribution < -0.4 is 0 Å². The molecule has 0 radical (unpaired) electrons. The van der Waals surface area contributed by atoms with Gasteiger partial charge in [0.2, 0.25) is 10.0 Å². The van der Waals surface area contributed by atoms with Gasteiger partial charge in [-0.1, -0.05) is 0 Å². The van der Waals surface area contributed by atoms with Crippen molar-refractivity contribution in [1.82, 2.24) is 4.31 Å². The van der Waals surface area contributed by atoms with Crippen molar-refractivity contribution in [2.24, 2.45) is 5.92 Å².